The van der Waals surface area contributed by atoms with Gasteiger partial charge in [-0.2, -0.15) is 0 Å². The molecule has 6 heteroatoms. The molecule has 0 spiro atoms. The first-order chi connectivity index (χ1) is 7.47. The van der Waals surface area contributed by atoms with E-state index in [1.807, 2.05) is 20.8 Å². The first-order valence-corrected chi connectivity index (χ1v) is 5.33. The Morgan fingerprint density at radius 3 is 2.75 bits per heavy atom. The van der Waals surface area contributed by atoms with Gasteiger partial charge in [0, 0.05) is 18.3 Å². The summed E-state index contributed by atoms with van der Waals surface area (Å²) in [7, 11) is 0. The fourth-order valence-corrected chi connectivity index (χ4v) is 1.21. The summed E-state index contributed by atoms with van der Waals surface area (Å²) in [4.78, 5) is 11.4. The molecule has 0 fully saturated rings. The minimum atomic E-state index is -0.176. The second kappa shape index (κ2) is 5.60. The Bertz CT molecular complexity index is 314. The van der Waals surface area contributed by atoms with Gasteiger partial charge in [0.05, 0.1) is 19.3 Å². The van der Waals surface area contributed by atoms with Gasteiger partial charge in [0.1, 0.15) is 0 Å². The number of nitrogens with zero attached hydrogens (tertiary/aromatic N) is 3. The number of amides is 1. The maximum atomic E-state index is 11.4. The van der Waals surface area contributed by atoms with Crippen LogP contribution in [0.1, 0.15) is 20.8 Å². The third-order valence-electron chi connectivity index (χ3n) is 1.79. The molecule has 16 heavy (non-hydrogen) atoms. The van der Waals surface area contributed by atoms with Crippen LogP contribution in [0.25, 0.3) is 0 Å². The summed E-state index contributed by atoms with van der Waals surface area (Å²) in [5.74, 6) is 0.00564. The van der Waals surface area contributed by atoms with E-state index in [0.29, 0.717) is 19.6 Å². The highest BCUT2D eigenvalue weighted by Gasteiger charge is 2.12. The molecule has 2 N–H and O–H groups in total. The normalized spacial score (nSPS) is 11.4. The highest BCUT2D eigenvalue weighted by Crippen LogP contribution is 1.96. The third-order valence-corrected chi connectivity index (χ3v) is 1.79. The molecule has 0 saturated heterocycles. The predicted octanol–water partition coefficient (Wildman–Crippen LogP) is -0.218. The molecule has 1 aromatic heterocycles. The van der Waals surface area contributed by atoms with Crippen LogP contribution in [0.2, 0.25) is 0 Å². The molecule has 1 aromatic rings. The predicted molar refractivity (Wildman–Crippen MR) is 60.8 cm³/mol. The molecular formula is C10H19N5O. The highest BCUT2D eigenvalue weighted by molar-refractivity contribution is 5.78. The van der Waals surface area contributed by atoms with E-state index in [-0.39, 0.29) is 11.4 Å². The Labute approximate surface area is 95.4 Å². The molecule has 1 heterocycles. The summed E-state index contributed by atoms with van der Waals surface area (Å²) in [6.07, 6.45) is 3.42. The number of hydrogen-bond donors (Lipinski definition) is 2. The Morgan fingerprint density at radius 1 is 1.44 bits per heavy atom. The molecule has 1 amide bonds. The molecule has 0 unspecified atom stereocenters. The summed E-state index contributed by atoms with van der Waals surface area (Å²) in [6.45, 7) is 7.61. The quantitative estimate of drug-likeness (QED) is 0.680. The molecular weight excluding hydrogens is 206 g/mol. The molecule has 0 aromatic carbocycles. The van der Waals surface area contributed by atoms with E-state index in [2.05, 4.69) is 20.9 Å². The van der Waals surface area contributed by atoms with Gasteiger partial charge in [0.15, 0.2) is 0 Å². The van der Waals surface area contributed by atoms with Crippen molar-refractivity contribution in [2.75, 3.05) is 13.1 Å². The maximum Gasteiger partial charge on any atom is 0.234 e. The van der Waals surface area contributed by atoms with E-state index >= 15 is 0 Å². The third kappa shape index (κ3) is 5.45. The van der Waals surface area contributed by atoms with Gasteiger partial charge in [-0.15, -0.1) is 5.10 Å². The molecule has 0 aliphatic rings. The number of carbonyl (C=O) groups is 1. The monoisotopic (exact) mass is 225 g/mol. The lowest BCUT2D eigenvalue weighted by Gasteiger charge is -2.20. The number of rotatable bonds is 5. The van der Waals surface area contributed by atoms with E-state index < -0.39 is 0 Å². The molecule has 0 atom stereocenters. The Morgan fingerprint density at radius 2 is 2.19 bits per heavy atom. The van der Waals surface area contributed by atoms with Crippen molar-refractivity contribution in [2.24, 2.45) is 0 Å². The van der Waals surface area contributed by atoms with Crippen LogP contribution in [0, 0.1) is 0 Å². The minimum Gasteiger partial charge on any atom is -0.350 e. The number of nitrogens with one attached hydrogen (secondary N) is 2. The zero-order chi connectivity index (χ0) is 12.0. The lowest BCUT2D eigenvalue weighted by molar-refractivity contribution is -0.121. The van der Waals surface area contributed by atoms with E-state index in [9.17, 15) is 4.79 Å². The second-order valence-electron chi connectivity index (χ2n) is 4.64. The summed E-state index contributed by atoms with van der Waals surface area (Å²) >= 11 is 0. The van der Waals surface area contributed by atoms with Gasteiger partial charge in [0.2, 0.25) is 5.91 Å². The van der Waals surface area contributed by atoms with E-state index in [1.165, 1.54) is 0 Å². The topological polar surface area (TPSA) is 71.8 Å². The summed E-state index contributed by atoms with van der Waals surface area (Å²) in [5, 5.41) is 13.4. The van der Waals surface area contributed by atoms with E-state index in [1.54, 1.807) is 17.1 Å². The van der Waals surface area contributed by atoms with Crippen molar-refractivity contribution in [2.45, 2.75) is 32.9 Å². The summed E-state index contributed by atoms with van der Waals surface area (Å²) < 4.78 is 1.72. The molecule has 90 valence electrons. The zero-order valence-corrected chi connectivity index (χ0v) is 10.0. The van der Waals surface area contributed by atoms with Gasteiger partial charge in [0.25, 0.3) is 0 Å². The molecule has 0 saturated carbocycles. The van der Waals surface area contributed by atoms with Crippen LogP contribution in [-0.2, 0) is 11.3 Å². The first-order valence-electron chi connectivity index (χ1n) is 5.33. The van der Waals surface area contributed by atoms with Crippen molar-refractivity contribution in [1.82, 2.24) is 25.6 Å². The Hall–Kier alpha value is -1.43. The van der Waals surface area contributed by atoms with Crippen molar-refractivity contribution in [1.29, 1.82) is 0 Å². The van der Waals surface area contributed by atoms with Crippen LogP contribution in [-0.4, -0.2) is 39.5 Å². The zero-order valence-electron chi connectivity index (χ0n) is 10.0. The largest absolute Gasteiger partial charge is 0.350 e. The number of aromatic nitrogens is 3. The average molecular weight is 225 g/mol. The summed E-state index contributed by atoms with van der Waals surface area (Å²) in [5.41, 5.74) is -0.176. The average Bonchev–Trinajstić information content (AvgIpc) is 2.62. The Kier molecular flexibility index (Phi) is 4.42. The molecule has 0 aliphatic heterocycles. The van der Waals surface area contributed by atoms with Gasteiger partial charge in [-0.3, -0.25) is 9.48 Å². The van der Waals surface area contributed by atoms with Crippen molar-refractivity contribution >= 4 is 5.91 Å². The maximum absolute atomic E-state index is 11.4. The fraction of sp³-hybridized carbons (Fsp3) is 0.700. The number of carbonyl (C=O) groups excluding carboxylic acids is 1. The van der Waals surface area contributed by atoms with Crippen molar-refractivity contribution in [3.63, 3.8) is 0 Å². The van der Waals surface area contributed by atoms with Gasteiger partial charge in [-0.25, -0.2) is 0 Å². The summed E-state index contributed by atoms with van der Waals surface area (Å²) in [6, 6.07) is 0. The van der Waals surface area contributed by atoms with Crippen molar-refractivity contribution in [3.05, 3.63) is 12.4 Å². The highest BCUT2D eigenvalue weighted by atomic mass is 16.2. The van der Waals surface area contributed by atoms with Crippen LogP contribution < -0.4 is 10.6 Å². The van der Waals surface area contributed by atoms with Crippen LogP contribution in [0.4, 0.5) is 0 Å². The molecule has 0 aliphatic carbocycles. The van der Waals surface area contributed by atoms with Crippen LogP contribution in [0.3, 0.4) is 0 Å². The van der Waals surface area contributed by atoms with Gasteiger partial charge in [-0.1, -0.05) is 5.21 Å². The molecule has 1 rings (SSSR count). The van der Waals surface area contributed by atoms with Gasteiger partial charge < -0.3 is 10.6 Å². The first kappa shape index (κ1) is 12.6. The van der Waals surface area contributed by atoms with E-state index in [0.717, 1.165) is 0 Å². The van der Waals surface area contributed by atoms with Crippen LogP contribution in [0.5, 0.6) is 0 Å². The van der Waals surface area contributed by atoms with Gasteiger partial charge in [-0.05, 0) is 20.8 Å². The molecule has 0 radical (unpaired) electrons. The lowest BCUT2D eigenvalue weighted by atomic mass is 10.1. The van der Waals surface area contributed by atoms with Crippen LogP contribution >= 0.6 is 0 Å². The number of hydrogen-bond acceptors (Lipinski definition) is 4. The standard InChI is InChI=1S/C10H19N5O/c1-10(2,3)13-9(16)8-11-4-6-15-7-5-12-14-15/h5,7,11H,4,6,8H2,1-3H3,(H,13,16). The second-order valence-corrected chi connectivity index (χ2v) is 4.64. The van der Waals surface area contributed by atoms with Gasteiger partial charge >= 0.3 is 0 Å². The fourth-order valence-electron chi connectivity index (χ4n) is 1.21. The smallest absolute Gasteiger partial charge is 0.234 e. The van der Waals surface area contributed by atoms with Crippen LogP contribution in [0.15, 0.2) is 12.4 Å². The molecule has 6 nitrogen and oxygen atoms in total. The minimum absolute atomic E-state index is 0.00564. The Balaban J connectivity index is 2.09. The molecule has 0 bridgehead atoms. The van der Waals surface area contributed by atoms with E-state index in [4.69, 9.17) is 0 Å². The van der Waals surface area contributed by atoms with Crippen molar-refractivity contribution in [3.8, 4) is 0 Å². The van der Waals surface area contributed by atoms with Crippen molar-refractivity contribution < 1.29 is 4.79 Å². The lowest BCUT2D eigenvalue weighted by Crippen LogP contribution is -2.45. The SMILES string of the molecule is CC(C)(C)NC(=O)CNCCn1ccnn1.